The van der Waals surface area contributed by atoms with E-state index in [0.29, 0.717) is 6.54 Å². The van der Waals surface area contributed by atoms with Crippen LogP contribution in [0, 0.1) is 0 Å². The van der Waals surface area contributed by atoms with Gasteiger partial charge in [-0.05, 0) is 28.9 Å². The van der Waals surface area contributed by atoms with Crippen molar-refractivity contribution in [1.82, 2.24) is 10.6 Å². The number of rotatable bonds is 5. The maximum Gasteiger partial charge on any atom is 0.191 e. The maximum atomic E-state index is 4.47. The lowest BCUT2D eigenvalue weighted by atomic mass is 10.5. The van der Waals surface area contributed by atoms with Gasteiger partial charge in [0.1, 0.15) is 0 Å². The van der Waals surface area contributed by atoms with E-state index < -0.39 is 0 Å². The van der Waals surface area contributed by atoms with Gasteiger partial charge < -0.3 is 10.6 Å². The lowest BCUT2D eigenvalue weighted by Gasteiger charge is -2.08. The molecule has 1 aromatic rings. The average Bonchev–Trinajstić information content (AvgIpc) is 2.68. The van der Waals surface area contributed by atoms with Crippen molar-refractivity contribution in [2.75, 3.05) is 13.1 Å². The van der Waals surface area contributed by atoms with Crippen LogP contribution in [-0.2, 0) is 6.54 Å². The van der Waals surface area contributed by atoms with Gasteiger partial charge in [0.15, 0.2) is 5.96 Å². The molecule has 0 amide bonds. The van der Waals surface area contributed by atoms with E-state index in [1.165, 1.54) is 4.88 Å². The summed E-state index contributed by atoms with van der Waals surface area (Å²) in [7, 11) is 0. The van der Waals surface area contributed by atoms with Gasteiger partial charge in [0.25, 0.3) is 0 Å². The predicted octanol–water partition coefficient (Wildman–Crippen LogP) is 2.75. The third kappa shape index (κ3) is 4.81. The molecule has 0 aromatic carbocycles. The summed E-state index contributed by atoms with van der Waals surface area (Å²) >= 11 is 5.13. The van der Waals surface area contributed by atoms with E-state index in [2.05, 4.69) is 49.6 Å². The van der Waals surface area contributed by atoms with Gasteiger partial charge in [0.05, 0.1) is 6.54 Å². The Morgan fingerprint density at radius 2 is 2.44 bits per heavy atom. The first-order valence-corrected chi connectivity index (χ1v) is 6.79. The number of nitrogens with zero attached hydrogens (tertiary/aromatic N) is 1. The Kier molecular flexibility index (Phi) is 6.18. The second-order valence-electron chi connectivity index (χ2n) is 3.10. The SMILES string of the molecule is C=CCNC(=NCc1cc(Br)cs1)NCC. The number of aliphatic imine (C=N–C) groups is 1. The molecule has 88 valence electrons. The standard InChI is InChI=1S/C11H16BrN3S/c1-3-5-14-11(13-4-2)15-7-10-6-9(12)8-16-10/h3,6,8H,1,4-5,7H2,2H3,(H2,13,14,15). The fourth-order valence-electron chi connectivity index (χ4n) is 1.10. The Morgan fingerprint density at radius 1 is 1.62 bits per heavy atom. The molecule has 5 heteroatoms. The molecule has 0 aliphatic rings. The zero-order valence-electron chi connectivity index (χ0n) is 9.29. The zero-order chi connectivity index (χ0) is 11.8. The van der Waals surface area contributed by atoms with Crippen LogP contribution in [0.2, 0.25) is 0 Å². The normalized spacial score (nSPS) is 11.2. The Hall–Kier alpha value is -0.810. The third-order valence-electron chi connectivity index (χ3n) is 1.77. The van der Waals surface area contributed by atoms with E-state index in [9.17, 15) is 0 Å². The Balaban J connectivity index is 2.52. The van der Waals surface area contributed by atoms with E-state index in [0.717, 1.165) is 23.5 Å². The highest BCUT2D eigenvalue weighted by atomic mass is 79.9. The van der Waals surface area contributed by atoms with Crippen molar-refractivity contribution in [3.05, 3.63) is 33.5 Å². The molecule has 0 aliphatic carbocycles. The van der Waals surface area contributed by atoms with Crippen LogP contribution in [-0.4, -0.2) is 19.0 Å². The number of guanidine groups is 1. The van der Waals surface area contributed by atoms with E-state index in [1.54, 1.807) is 11.3 Å². The molecule has 0 radical (unpaired) electrons. The molecular weight excluding hydrogens is 286 g/mol. The second kappa shape index (κ2) is 7.46. The first kappa shape index (κ1) is 13.3. The summed E-state index contributed by atoms with van der Waals surface area (Å²) < 4.78 is 1.12. The molecular formula is C11H16BrN3S. The number of nitrogens with one attached hydrogen (secondary N) is 2. The minimum atomic E-state index is 0.697. The lowest BCUT2D eigenvalue weighted by Crippen LogP contribution is -2.37. The molecule has 16 heavy (non-hydrogen) atoms. The highest BCUT2D eigenvalue weighted by Crippen LogP contribution is 2.20. The van der Waals surface area contributed by atoms with Gasteiger partial charge in [-0.15, -0.1) is 17.9 Å². The van der Waals surface area contributed by atoms with E-state index >= 15 is 0 Å². The number of halogens is 1. The van der Waals surface area contributed by atoms with E-state index in [-0.39, 0.29) is 0 Å². The average molecular weight is 302 g/mol. The summed E-state index contributed by atoms with van der Waals surface area (Å²) in [6, 6.07) is 2.09. The van der Waals surface area contributed by atoms with Gasteiger partial charge in [-0.2, -0.15) is 0 Å². The first-order chi connectivity index (χ1) is 7.76. The first-order valence-electron chi connectivity index (χ1n) is 5.12. The predicted molar refractivity (Wildman–Crippen MR) is 75.0 cm³/mol. The molecule has 1 heterocycles. The van der Waals surface area contributed by atoms with Gasteiger partial charge in [-0.1, -0.05) is 6.08 Å². The van der Waals surface area contributed by atoms with Crippen molar-refractivity contribution in [1.29, 1.82) is 0 Å². The van der Waals surface area contributed by atoms with Crippen molar-refractivity contribution in [2.45, 2.75) is 13.5 Å². The number of hydrogen-bond acceptors (Lipinski definition) is 2. The van der Waals surface area contributed by atoms with Crippen LogP contribution in [0.25, 0.3) is 0 Å². The van der Waals surface area contributed by atoms with Crippen molar-refractivity contribution < 1.29 is 0 Å². The third-order valence-corrected chi connectivity index (χ3v) is 3.46. The van der Waals surface area contributed by atoms with Gasteiger partial charge in [-0.3, -0.25) is 0 Å². The second-order valence-corrected chi connectivity index (χ2v) is 5.01. The molecule has 0 spiro atoms. The summed E-state index contributed by atoms with van der Waals surface area (Å²) in [6.45, 7) is 7.99. The van der Waals surface area contributed by atoms with Crippen molar-refractivity contribution in [3.63, 3.8) is 0 Å². The van der Waals surface area contributed by atoms with Crippen LogP contribution in [0.3, 0.4) is 0 Å². The molecule has 0 saturated carbocycles. The Bertz CT molecular complexity index is 360. The van der Waals surface area contributed by atoms with Crippen LogP contribution in [0.1, 0.15) is 11.8 Å². The van der Waals surface area contributed by atoms with Crippen molar-refractivity contribution in [2.24, 2.45) is 4.99 Å². The minimum absolute atomic E-state index is 0.697. The smallest absolute Gasteiger partial charge is 0.191 e. The van der Waals surface area contributed by atoms with Crippen LogP contribution in [0.4, 0.5) is 0 Å². The van der Waals surface area contributed by atoms with Crippen LogP contribution >= 0.6 is 27.3 Å². The number of hydrogen-bond donors (Lipinski definition) is 2. The largest absolute Gasteiger partial charge is 0.357 e. The lowest BCUT2D eigenvalue weighted by molar-refractivity contribution is 0.863. The summed E-state index contributed by atoms with van der Waals surface area (Å²) in [4.78, 5) is 5.71. The monoisotopic (exact) mass is 301 g/mol. The quantitative estimate of drug-likeness (QED) is 0.498. The summed E-state index contributed by atoms with van der Waals surface area (Å²) in [5.74, 6) is 0.826. The topological polar surface area (TPSA) is 36.4 Å². The molecule has 0 unspecified atom stereocenters. The molecule has 1 rings (SSSR count). The summed E-state index contributed by atoms with van der Waals surface area (Å²) in [5, 5.41) is 8.40. The van der Waals surface area contributed by atoms with Crippen LogP contribution < -0.4 is 10.6 Å². The maximum absolute atomic E-state index is 4.47. The Labute approximate surface area is 109 Å². The van der Waals surface area contributed by atoms with Crippen LogP contribution in [0.15, 0.2) is 33.6 Å². The molecule has 1 aromatic heterocycles. The highest BCUT2D eigenvalue weighted by molar-refractivity contribution is 9.10. The van der Waals surface area contributed by atoms with Gasteiger partial charge >= 0.3 is 0 Å². The fourth-order valence-corrected chi connectivity index (χ4v) is 2.48. The summed E-state index contributed by atoms with van der Waals surface area (Å²) in [6.07, 6.45) is 1.81. The molecule has 0 saturated heterocycles. The molecule has 3 nitrogen and oxygen atoms in total. The summed E-state index contributed by atoms with van der Waals surface area (Å²) in [5.41, 5.74) is 0. The van der Waals surface area contributed by atoms with E-state index in [1.807, 2.05) is 13.0 Å². The van der Waals surface area contributed by atoms with Crippen molar-refractivity contribution in [3.8, 4) is 0 Å². The fraction of sp³-hybridized carbons (Fsp3) is 0.364. The molecule has 2 N–H and O–H groups in total. The molecule has 0 fully saturated rings. The highest BCUT2D eigenvalue weighted by Gasteiger charge is 1.98. The zero-order valence-corrected chi connectivity index (χ0v) is 11.7. The van der Waals surface area contributed by atoms with Gasteiger partial charge in [-0.25, -0.2) is 4.99 Å². The number of thiophene rings is 1. The van der Waals surface area contributed by atoms with Gasteiger partial charge in [0, 0.05) is 27.8 Å². The van der Waals surface area contributed by atoms with Gasteiger partial charge in [0.2, 0.25) is 0 Å². The van der Waals surface area contributed by atoms with Crippen LogP contribution in [0.5, 0.6) is 0 Å². The molecule has 0 bridgehead atoms. The minimum Gasteiger partial charge on any atom is -0.357 e. The molecule has 0 aliphatic heterocycles. The Morgan fingerprint density at radius 3 is 3.00 bits per heavy atom. The van der Waals surface area contributed by atoms with Crippen molar-refractivity contribution >= 4 is 33.2 Å². The molecule has 0 atom stereocenters. The van der Waals surface area contributed by atoms with E-state index in [4.69, 9.17) is 0 Å².